The van der Waals surface area contributed by atoms with Crippen LogP contribution in [0.15, 0.2) is 12.2 Å². The van der Waals surface area contributed by atoms with Crippen LogP contribution in [0.4, 0.5) is 0 Å². The van der Waals surface area contributed by atoms with Crippen molar-refractivity contribution in [1.82, 2.24) is 0 Å². The maximum Gasteiger partial charge on any atom is 0.348 e. The fourth-order valence-corrected chi connectivity index (χ4v) is 4.13. The molecule has 0 aromatic carbocycles. The number of aliphatic carboxylic acids is 1. The molecule has 1 N–H and O–H groups in total. The zero-order chi connectivity index (χ0) is 15.4. The molecule has 21 heavy (non-hydrogen) atoms. The van der Waals surface area contributed by atoms with Gasteiger partial charge in [-0.15, -0.1) is 0 Å². The lowest BCUT2D eigenvalue weighted by Gasteiger charge is -2.48. The van der Waals surface area contributed by atoms with E-state index in [1.165, 1.54) is 0 Å². The van der Waals surface area contributed by atoms with Crippen LogP contribution in [0.2, 0.25) is 0 Å². The number of hydrogen-bond donors (Lipinski definition) is 1. The number of carbonyl (C=O) groups is 3. The van der Waals surface area contributed by atoms with Crippen LogP contribution in [0, 0.1) is 11.8 Å². The van der Waals surface area contributed by atoms with E-state index in [2.05, 4.69) is 6.58 Å². The highest BCUT2D eigenvalue weighted by molar-refractivity contribution is 5.88. The molecule has 4 unspecified atom stereocenters. The minimum atomic E-state index is -1.55. The second kappa shape index (κ2) is 4.32. The van der Waals surface area contributed by atoms with Crippen LogP contribution in [0.1, 0.15) is 39.0 Å². The molecule has 4 rings (SSSR count). The van der Waals surface area contributed by atoms with Crippen molar-refractivity contribution in [2.75, 3.05) is 0 Å². The smallest absolute Gasteiger partial charge is 0.348 e. The predicted molar refractivity (Wildman–Crippen MR) is 70.2 cm³/mol. The summed E-state index contributed by atoms with van der Waals surface area (Å²) in [6.45, 7) is 5.10. The molecule has 2 saturated heterocycles. The van der Waals surface area contributed by atoms with Crippen molar-refractivity contribution >= 4 is 17.9 Å². The van der Waals surface area contributed by atoms with Crippen molar-refractivity contribution < 1.29 is 29.0 Å². The van der Waals surface area contributed by atoms with Crippen molar-refractivity contribution in [2.24, 2.45) is 11.8 Å². The van der Waals surface area contributed by atoms with Crippen molar-refractivity contribution in [3.05, 3.63) is 12.2 Å². The van der Waals surface area contributed by atoms with E-state index in [1.807, 2.05) is 0 Å². The normalized spacial score (nSPS) is 40.3. The highest BCUT2D eigenvalue weighted by atomic mass is 16.6. The maximum atomic E-state index is 12.1. The largest absolute Gasteiger partial charge is 0.478 e. The molecule has 114 valence electrons. The van der Waals surface area contributed by atoms with Crippen LogP contribution in [0.3, 0.4) is 0 Å². The number of ether oxygens (including phenoxy) is 2. The molecular weight excluding hydrogens is 276 g/mol. The molecule has 4 aliphatic rings. The SMILES string of the molecule is C=C(C)C(=O)OC12CC3CC(C1)C(=O)OC(C(=O)O)(C3)C2. The molecular formula is C15H18O6. The Bertz CT molecular complexity index is 552. The molecule has 4 bridgehead atoms. The van der Waals surface area contributed by atoms with Gasteiger partial charge in [-0.2, -0.15) is 0 Å². The Morgan fingerprint density at radius 1 is 1.38 bits per heavy atom. The van der Waals surface area contributed by atoms with Gasteiger partial charge in [-0.05, 0) is 25.7 Å². The van der Waals surface area contributed by atoms with Crippen molar-refractivity contribution in [2.45, 2.75) is 50.2 Å². The van der Waals surface area contributed by atoms with Crippen molar-refractivity contribution in [1.29, 1.82) is 0 Å². The molecule has 2 saturated carbocycles. The molecule has 0 radical (unpaired) electrons. The Balaban J connectivity index is 1.99. The van der Waals surface area contributed by atoms with Crippen LogP contribution in [-0.2, 0) is 23.9 Å². The topological polar surface area (TPSA) is 89.9 Å². The average Bonchev–Trinajstić information content (AvgIpc) is 2.50. The molecule has 2 aliphatic heterocycles. The van der Waals surface area contributed by atoms with E-state index >= 15 is 0 Å². The van der Waals surface area contributed by atoms with Gasteiger partial charge >= 0.3 is 17.9 Å². The van der Waals surface area contributed by atoms with E-state index in [-0.39, 0.29) is 23.8 Å². The van der Waals surface area contributed by atoms with Gasteiger partial charge in [0.25, 0.3) is 0 Å². The lowest BCUT2D eigenvalue weighted by molar-refractivity contribution is -0.195. The first-order valence-corrected chi connectivity index (χ1v) is 7.10. The minimum Gasteiger partial charge on any atom is -0.478 e. The second-order valence-corrected chi connectivity index (χ2v) is 6.66. The molecule has 4 atom stereocenters. The Morgan fingerprint density at radius 2 is 2.10 bits per heavy atom. The van der Waals surface area contributed by atoms with E-state index in [9.17, 15) is 19.5 Å². The third kappa shape index (κ3) is 2.13. The van der Waals surface area contributed by atoms with Gasteiger partial charge in [0, 0.05) is 24.8 Å². The number of carboxylic acids is 1. The summed E-state index contributed by atoms with van der Waals surface area (Å²) < 4.78 is 10.9. The highest BCUT2D eigenvalue weighted by Gasteiger charge is 2.63. The van der Waals surface area contributed by atoms with Crippen molar-refractivity contribution in [3.8, 4) is 0 Å². The lowest BCUT2D eigenvalue weighted by Crippen LogP contribution is -2.56. The van der Waals surface area contributed by atoms with Crippen LogP contribution >= 0.6 is 0 Å². The Morgan fingerprint density at radius 3 is 2.71 bits per heavy atom. The summed E-state index contributed by atoms with van der Waals surface area (Å²) in [5.74, 6) is -2.53. The number of hydrogen-bond acceptors (Lipinski definition) is 5. The first-order chi connectivity index (χ1) is 9.75. The number of rotatable bonds is 3. The third-order valence-corrected chi connectivity index (χ3v) is 4.80. The molecule has 0 aromatic heterocycles. The van der Waals surface area contributed by atoms with Gasteiger partial charge in [0.15, 0.2) is 0 Å². The average molecular weight is 294 g/mol. The fraction of sp³-hybridized carbons (Fsp3) is 0.667. The number of fused-ring (bicyclic) bond motifs is 1. The number of carbonyl (C=O) groups excluding carboxylic acids is 2. The van der Waals surface area contributed by atoms with E-state index in [4.69, 9.17) is 9.47 Å². The Hall–Kier alpha value is -1.85. The summed E-state index contributed by atoms with van der Waals surface area (Å²) >= 11 is 0. The van der Waals surface area contributed by atoms with Gasteiger partial charge in [0.2, 0.25) is 5.60 Å². The van der Waals surface area contributed by atoms with Crippen molar-refractivity contribution in [3.63, 3.8) is 0 Å². The summed E-state index contributed by atoms with van der Waals surface area (Å²) in [5.41, 5.74) is -2.21. The zero-order valence-electron chi connectivity index (χ0n) is 11.9. The summed E-state index contributed by atoms with van der Waals surface area (Å²) in [4.78, 5) is 35.7. The second-order valence-electron chi connectivity index (χ2n) is 6.66. The zero-order valence-corrected chi connectivity index (χ0v) is 11.9. The fourth-order valence-electron chi connectivity index (χ4n) is 4.13. The van der Waals surface area contributed by atoms with E-state index < -0.39 is 29.1 Å². The van der Waals surface area contributed by atoms with Gasteiger partial charge in [0.1, 0.15) is 5.60 Å². The maximum absolute atomic E-state index is 12.1. The summed E-state index contributed by atoms with van der Waals surface area (Å²) in [6, 6.07) is 0. The lowest BCUT2D eigenvalue weighted by atomic mass is 9.61. The number of carboxylic acid groups (broad SMARTS) is 1. The number of esters is 2. The first kappa shape index (κ1) is 14.1. The van der Waals surface area contributed by atoms with Gasteiger partial charge in [-0.3, -0.25) is 4.79 Å². The Kier molecular flexibility index (Phi) is 2.90. The molecule has 0 amide bonds. The Labute approximate surface area is 122 Å². The molecule has 6 nitrogen and oxygen atoms in total. The predicted octanol–water partition coefficient (Wildman–Crippen LogP) is 1.43. The first-order valence-electron chi connectivity index (χ1n) is 7.10. The van der Waals surface area contributed by atoms with Crippen LogP contribution < -0.4 is 0 Å². The molecule has 0 aromatic rings. The van der Waals surface area contributed by atoms with E-state index in [1.54, 1.807) is 6.92 Å². The summed E-state index contributed by atoms with van der Waals surface area (Å²) in [7, 11) is 0. The summed E-state index contributed by atoms with van der Waals surface area (Å²) in [5, 5.41) is 9.54. The molecule has 2 aliphatic carbocycles. The molecule has 2 heterocycles. The van der Waals surface area contributed by atoms with Gasteiger partial charge in [0.05, 0.1) is 5.92 Å². The molecule has 4 fully saturated rings. The van der Waals surface area contributed by atoms with Crippen LogP contribution in [0.5, 0.6) is 0 Å². The minimum absolute atomic E-state index is 0.0259. The third-order valence-electron chi connectivity index (χ3n) is 4.80. The molecule has 0 spiro atoms. The van der Waals surface area contributed by atoms with Gasteiger partial charge < -0.3 is 14.6 Å². The van der Waals surface area contributed by atoms with Crippen LogP contribution in [-0.4, -0.2) is 34.2 Å². The van der Waals surface area contributed by atoms with Crippen LogP contribution in [0.25, 0.3) is 0 Å². The standard InChI is InChI=1S/C15H18O6/c1-8(2)11(16)20-14-4-9-3-10(6-14)12(17)21-15(5-9,7-14)13(18)19/h9-10H,1,3-7H2,2H3,(H,18,19). The highest BCUT2D eigenvalue weighted by Crippen LogP contribution is 2.55. The quantitative estimate of drug-likeness (QED) is 0.625. The summed E-state index contributed by atoms with van der Waals surface area (Å²) in [6.07, 6.45) is 1.88. The van der Waals surface area contributed by atoms with E-state index in [0.717, 1.165) is 0 Å². The van der Waals surface area contributed by atoms with Gasteiger partial charge in [-0.1, -0.05) is 6.58 Å². The van der Waals surface area contributed by atoms with Gasteiger partial charge in [-0.25, -0.2) is 9.59 Å². The molecule has 6 heteroatoms. The van der Waals surface area contributed by atoms with E-state index in [0.29, 0.717) is 25.7 Å². The monoisotopic (exact) mass is 294 g/mol.